The molecule has 0 radical (unpaired) electrons. The standard InChI is InChI=1S/C20H29N5O/c1-16(2)25-19(9-10-21-25)22-20(26)17(3)24-13-11-23(12-14-24)15-18-7-5-4-6-8-18/h4-10,16-17H,11-15H2,1-3H3,(H,22,26)/t17-/m0/s1. The average Bonchev–Trinajstić information content (AvgIpc) is 3.11. The molecule has 2 heterocycles. The second kappa shape index (κ2) is 8.47. The predicted octanol–water partition coefficient (Wildman–Crippen LogP) is 2.61. The Morgan fingerprint density at radius 1 is 1.08 bits per heavy atom. The van der Waals surface area contributed by atoms with Crippen LogP contribution in [0.3, 0.4) is 0 Å². The van der Waals surface area contributed by atoms with E-state index in [2.05, 4.69) is 58.3 Å². The summed E-state index contributed by atoms with van der Waals surface area (Å²) in [5.41, 5.74) is 1.34. The van der Waals surface area contributed by atoms with Crippen molar-refractivity contribution in [2.24, 2.45) is 0 Å². The van der Waals surface area contributed by atoms with E-state index in [1.165, 1.54) is 5.56 Å². The maximum absolute atomic E-state index is 12.6. The Kier molecular flexibility index (Phi) is 6.06. The number of aromatic nitrogens is 2. The van der Waals surface area contributed by atoms with E-state index in [4.69, 9.17) is 0 Å². The quantitative estimate of drug-likeness (QED) is 0.865. The minimum absolute atomic E-state index is 0.0314. The van der Waals surface area contributed by atoms with E-state index < -0.39 is 0 Å². The van der Waals surface area contributed by atoms with Gasteiger partial charge in [0.25, 0.3) is 0 Å². The molecule has 140 valence electrons. The van der Waals surface area contributed by atoms with Crippen LogP contribution in [0, 0.1) is 0 Å². The first-order valence-corrected chi connectivity index (χ1v) is 9.39. The molecule has 1 aromatic heterocycles. The van der Waals surface area contributed by atoms with Gasteiger partial charge < -0.3 is 5.32 Å². The van der Waals surface area contributed by atoms with Crippen LogP contribution in [0.5, 0.6) is 0 Å². The molecule has 2 aromatic rings. The van der Waals surface area contributed by atoms with Crippen LogP contribution >= 0.6 is 0 Å². The topological polar surface area (TPSA) is 53.4 Å². The first kappa shape index (κ1) is 18.6. The lowest BCUT2D eigenvalue weighted by atomic mass is 10.1. The molecule has 0 spiro atoms. The summed E-state index contributed by atoms with van der Waals surface area (Å²) in [4.78, 5) is 17.4. The van der Waals surface area contributed by atoms with Crippen molar-refractivity contribution in [3.63, 3.8) is 0 Å². The van der Waals surface area contributed by atoms with E-state index in [1.54, 1.807) is 6.20 Å². The molecule has 1 aliphatic heterocycles. The monoisotopic (exact) mass is 355 g/mol. The number of anilines is 1. The van der Waals surface area contributed by atoms with E-state index in [0.29, 0.717) is 0 Å². The van der Waals surface area contributed by atoms with Crippen molar-refractivity contribution in [1.29, 1.82) is 0 Å². The molecule has 1 aromatic carbocycles. The van der Waals surface area contributed by atoms with Gasteiger partial charge in [0.15, 0.2) is 0 Å². The summed E-state index contributed by atoms with van der Waals surface area (Å²) < 4.78 is 1.84. The maximum atomic E-state index is 12.6. The number of carbonyl (C=O) groups is 1. The van der Waals surface area contributed by atoms with Crippen LogP contribution in [-0.4, -0.2) is 57.7 Å². The van der Waals surface area contributed by atoms with Crippen molar-refractivity contribution in [2.75, 3.05) is 31.5 Å². The van der Waals surface area contributed by atoms with Gasteiger partial charge in [-0.15, -0.1) is 0 Å². The third kappa shape index (κ3) is 4.51. The Hall–Kier alpha value is -2.18. The van der Waals surface area contributed by atoms with Gasteiger partial charge in [-0.2, -0.15) is 5.10 Å². The van der Waals surface area contributed by atoms with E-state index in [1.807, 2.05) is 23.7 Å². The fourth-order valence-corrected chi connectivity index (χ4v) is 3.37. The van der Waals surface area contributed by atoms with Crippen LogP contribution in [0.4, 0.5) is 5.82 Å². The predicted molar refractivity (Wildman–Crippen MR) is 104 cm³/mol. The molecule has 6 nitrogen and oxygen atoms in total. The van der Waals surface area contributed by atoms with E-state index >= 15 is 0 Å². The van der Waals surface area contributed by atoms with Gasteiger partial charge in [-0.3, -0.25) is 14.6 Å². The van der Waals surface area contributed by atoms with E-state index in [0.717, 1.165) is 38.5 Å². The summed E-state index contributed by atoms with van der Waals surface area (Å²) in [5, 5.41) is 7.30. The minimum atomic E-state index is -0.149. The number of benzene rings is 1. The first-order valence-electron chi connectivity index (χ1n) is 9.39. The lowest BCUT2D eigenvalue weighted by Crippen LogP contribution is -2.52. The Labute approximate surface area is 155 Å². The van der Waals surface area contributed by atoms with Gasteiger partial charge in [0, 0.05) is 44.8 Å². The zero-order valence-corrected chi connectivity index (χ0v) is 15.9. The number of rotatable bonds is 6. The maximum Gasteiger partial charge on any atom is 0.242 e. The molecule has 1 N–H and O–H groups in total. The fraction of sp³-hybridized carbons (Fsp3) is 0.500. The minimum Gasteiger partial charge on any atom is -0.310 e. The van der Waals surface area contributed by atoms with E-state index in [-0.39, 0.29) is 18.0 Å². The first-order chi connectivity index (χ1) is 12.5. The summed E-state index contributed by atoms with van der Waals surface area (Å²) in [6.45, 7) is 10.8. The highest BCUT2D eigenvalue weighted by molar-refractivity contribution is 5.93. The SMILES string of the molecule is CC(C)n1nccc1NC(=O)[C@H](C)N1CCN(Cc2ccccc2)CC1. The van der Waals surface area contributed by atoms with Crippen LogP contribution in [-0.2, 0) is 11.3 Å². The van der Waals surface area contributed by atoms with Crippen molar-refractivity contribution in [3.8, 4) is 0 Å². The molecule has 0 unspecified atom stereocenters. The molecule has 1 atom stereocenters. The van der Waals surface area contributed by atoms with Gasteiger partial charge in [0.05, 0.1) is 12.2 Å². The van der Waals surface area contributed by atoms with Crippen LogP contribution in [0.2, 0.25) is 0 Å². The molecule has 6 heteroatoms. The van der Waals surface area contributed by atoms with E-state index in [9.17, 15) is 4.79 Å². The summed E-state index contributed by atoms with van der Waals surface area (Å²) in [5.74, 6) is 0.795. The number of piperazine rings is 1. The number of hydrogen-bond donors (Lipinski definition) is 1. The Balaban J connectivity index is 1.50. The molecule has 0 saturated carbocycles. The normalized spacial score (nSPS) is 17.4. The van der Waals surface area contributed by atoms with Crippen molar-refractivity contribution in [1.82, 2.24) is 19.6 Å². The second-order valence-corrected chi connectivity index (χ2v) is 7.22. The third-order valence-electron chi connectivity index (χ3n) is 4.99. The van der Waals surface area contributed by atoms with Gasteiger partial charge in [-0.1, -0.05) is 30.3 Å². The molecule has 0 aliphatic carbocycles. The molecule has 3 rings (SSSR count). The van der Waals surface area contributed by atoms with Crippen LogP contribution in [0.25, 0.3) is 0 Å². The molecule has 0 bridgehead atoms. The zero-order chi connectivity index (χ0) is 18.5. The lowest BCUT2D eigenvalue weighted by Gasteiger charge is -2.37. The lowest BCUT2D eigenvalue weighted by molar-refractivity contribution is -0.121. The smallest absolute Gasteiger partial charge is 0.242 e. The molecule has 1 fully saturated rings. The van der Waals surface area contributed by atoms with Crippen molar-refractivity contribution >= 4 is 11.7 Å². The molecule has 1 saturated heterocycles. The Morgan fingerprint density at radius 3 is 2.42 bits per heavy atom. The van der Waals surface area contributed by atoms with Crippen LogP contribution in [0.1, 0.15) is 32.4 Å². The molecule has 1 amide bonds. The molecule has 26 heavy (non-hydrogen) atoms. The number of carbonyl (C=O) groups excluding carboxylic acids is 1. The fourth-order valence-electron chi connectivity index (χ4n) is 3.37. The summed E-state index contributed by atoms with van der Waals surface area (Å²) in [7, 11) is 0. The Bertz CT molecular complexity index is 704. The highest BCUT2D eigenvalue weighted by Gasteiger charge is 2.26. The van der Waals surface area contributed by atoms with Gasteiger partial charge in [-0.05, 0) is 26.3 Å². The van der Waals surface area contributed by atoms with Gasteiger partial charge >= 0.3 is 0 Å². The zero-order valence-electron chi connectivity index (χ0n) is 15.9. The summed E-state index contributed by atoms with van der Waals surface area (Å²) >= 11 is 0. The van der Waals surface area contributed by atoms with Crippen LogP contribution in [0.15, 0.2) is 42.6 Å². The average molecular weight is 355 g/mol. The van der Waals surface area contributed by atoms with Gasteiger partial charge in [0.2, 0.25) is 5.91 Å². The number of nitrogens with one attached hydrogen (secondary N) is 1. The van der Waals surface area contributed by atoms with Crippen molar-refractivity contribution < 1.29 is 4.79 Å². The second-order valence-electron chi connectivity index (χ2n) is 7.22. The summed E-state index contributed by atoms with van der Waals surface area (Å²) in [6, 6.07) is 12.5. The van der Waals surface area contributed by atoms with Gasteiger partial charge in [-0.25, -0.2) is 4.68 Å². The highest BCUT2D eigenvalue weighted by atomic mass is 16.2. The summed E-state index contributed by atoms with van der Waals surface area (Å²) in [6.07, 6.45) is 1.72. The number of nitrogens with zero attached hydrogens (tertiary/aromatic N) is 4. The third-order valence-corrected chi connectivity index (χ3v) is 4.99. The number of amides is 1. The van der Waals surface area contributed by atoms with Crippen molar-refractivity contribution in [3.05, 3.63) is 48.2 Å². The van der Waals surface area contributed by atoms with Crippen molar-refractivity contribution in [2.45, 2.75) is 39.4 Å². The molecular formula is C20H29N5O. The molecule has 1 aliphatic rings. The number of hydrogen-bond acceptors (Lipinski definition) is 4. The van der Waals surface area contributed by atoms with Crippen LogP contribution < -0.4 is 5.32 Å². The molecular weight excluding hydrogens is 326 g/mol. The highest BCUT2D eigenvalue weighted by Crippen LogP contribution is 2.15. The largest absolute Gasteiger partial charge is 0.310 e. The Morgan fingerprint density at radius 2 is 1.77 bits per heavy atom. The van der Waals surface area contributed by atoms with Gasteiger partial charge in [0.1, 0.15) is 5.82 Å².